The highest BCUT2D eigenvalue weighted by molar-refractivity contribution is 9.10. The van der Waals surface area contributed by atoms with Gasteiger partial charge in [0.1, 0.15) is 5.75 Å². The summed E-state index contributed by atoms with van der Waals surface area (Å²) < 4.78 is 5.93. The first-order valence-electron chi connectivity index (χ1n) is 6.32. The van der Waals surface area contributed by atoms with Gasteiger partial charge >= 0.3 is 0 Å². The molecule has 1 aromatic rings. The second-order valence-electron chi connectivity index (χ2n) is 4.69. The van der Waals surface area contributed by atoms with Crippen molar-refractivity contribution in [2.45, 2.75) is 25.7 Å². The predicted octanol–water partition coefficient (Wildman–Crippen LogP) is 3.38. The van der Waals surface area contributed by atoms with Crippen LogP contribution in [-0.2, 0) is 0 Å². The molecule has 1 fully saturated rings. The Bertz CT molecular complexity index is 430. The first-order valence-corrected chi connectivity index (χ1v) is 7.11. The molecule has 2 rings (SSSR count). The molecule has 0 saturated heterocycles. The van der Waals surface area contributed by atoms with Gasteiger partial charge in [0.05, 0.1) is 11.6 Å². The van der Waals surface area contributed by atoms with E-state index in [1.54, 1.807) is 25.3 Å². The number of halogens is 1. The largest absolute Gasteiger partial charge is 0.496 e. The fourth-order valence-electron chi connectivity index (χ4n) is 1.91. The van der Waals surface area contributed by atoms with E-state index in [-0.39, 0.29) is 5.91 Å². The Labute approximate surface area is 116 Å². The summed E-state index contributed by atoms with van der Waals surface area (Å²) in [4.78, 5) is 11.9. The van der Waals surface area contributed by atoms with Crippen molar-refractivity contribution in [2.24, 2.45) is 5.92 Å². The number of carbonyl (C=O) groups excluding carboxylic acids is 1. The van der Waals surface area contributed by atoms with Gasteiger partial charge in [-0.25, -0.2) is 0 Å². The maximum atomic E-state index is 11.9. The molecule has 0 unspecified atom stereocenters. The lowest BCUT2D eigenvalue weighted by molar-refractivity contribution is 0.0952. The van der Waals surface area contributed by atoms with E-state index in [2.05, 4.69) is 21.2 Å². The molecule has 98 valence electrons. The lowest BCUT2D eigenvalue weighted by Gasteiger charge is -2.07. The minimum Gasteiger partial charge on any atom is -0.496 e. The van der Waals surface area contributed by atoms with Gasteiger partial charge in [0.2, 0.25) is 0 Å². The van der Waals surface area contributed by atoms with Crippen LogP contribution in [0.5, 0.6) is 5.75 Å². The molecule has 1 aromatic carbocycles. The number of methoxy groups -OCH3 is 1. The van der Waals surface area contributed by atoms with Crippen LogP contribution in [0, 0.1) is 5.92 Å². The third-order valence-electron chi connectivity index (χ3n) is 3.19. The number of hydrogen-bond donors (Lipinski definition) is 1. The van der Waals surface area contributed by atoms with Gasteiger partial charge in [-0.1, -0.05) is 12.8 Å². The number of benzene rings is 1. The number of amides is 1. The van der Waals surface area contributed by atoms with Crippen molar-refractivity contribution in [1.29, 1.82) is 0 Å². The number of hydrogen-bond acceptors (Lipinski definition) is 2. The average Bonchev–Trinajstić information content (AvgIpc) is 3.18. The van der Waals surface area contributed by atoms with Crippen LogP contribution in [0.15, 0.2) is 22.7 Å². The van der Waals surface area contributed by atoms with E-state index in [1.165, 1.54) is 19.3 Å². The van der Waals surface area contributed by atoms with Crippen LogP contribution in [0.1, 0.15) is 36.0 Å². The molecule has 18 heavy (non-hydrogen) atoms. The molecular formula is C14H18BrNO2. The number of nitrogens with one attached hydrogen (secondary N) is 1. The molecule has 1 N–H and O–H groups in total. The third kappa shape index (κ3) is 3.73. The predicted molar refractivity (Wildman–Crippen MR) is 75.0 cm³/mol. The Morgan fingerprint density at radius 2 is 2.28 bits per heavy atom. The van der Waals surface area contributed by atoms with Crippen LogP contribution in [0.25, 0.3) is 0 Å². The van der Waals surface area contributed by atoms with Gasteiger partial charge in [0, 0.05) is 12.1 Å². The van der Waals surface area contributed by atoms with Gasteiger partial charge in [0.15, 0.2) is 0 Å². The lowest BCUT2D eigenvalue weighted by atomic mass is 10.2. The molecule has 0 aromatic heterocycles. The monoisotopic (exact) mass is 311 g/mol. The maximum absolute atomic E-state index is 11.9. The lowest BCUT2D eigenvalue weighted by Crippen LogP contribution is -2.24. The van der Waals surface area contributed by atoms with E-state index in [9.17, 15) is 4.79 Å². The molecule has 0 heterocycles. The number of carbonyl (C=O) groups is 1. The summed E-state index contributed by atoms with van der Waals surface area (Å²) in [7, 11) is 1.61. The average molecular weight is 312 g/mol. The fourth-order valence-corrected chi connectivity index (χ4v) is 2.45. The highest BCUT2D eigenvalue weighted by atomic mass is 79.9. The van der Waals surface area contributed by atoms with E-state index in [4.69, 9.17) is 4.74 Å². The van der Waals surface area contributed by atoms with Crippen molar-refractivity contribution in [2.75, 3.05) is 13.7 Å². The van der Waals surface area contributed by atoms with Gasteiger partial charge in [0.25, 0.3) is 5.91 Å². The standard InChI is InChI=1S/C14H18BrNO2/c1-18-13-7-6-11(9-12(13)15)14(17)16-8-2-3-10-4-5-10/h6-7,9-10H,2-5,8H2,1H3,(H,16,17). The normalized spacial score (nSPS) is 14.3. The number of ether oxygens (including phenoxy) is 1. The van der Waals surface area contributed by atoms with Gasteiger partial charge in [-0.05, 0) is 52.9 Å². The van der Waals surface area contributed by atoms with Crippen molar-refractivity contribution < 1.29 is 9.53 Å². The second kappa shape index (κ2) is 6.23. The SMILES string of the molecule is COc1ccc(C(=O)NCCCC2CC2)cc1Br. The van der Waals surface area contributed by atoms with Gasteiger partial charge < -0.3 is 10.1 Å². The summed E-state index contributed by atoms with van der Waals surface area (Å²) in [6, 6.07) is 5.36. The zero-order chi connectivity index (χ0) is 13.0. The topological polar surface area (TPSA) is 38.3 Å². The Hall–Kier alpha value is -1.03. The van der Waals surface area contributed by atoms with Crippen molar-refractivity contribution in [3.63, 3.8) is 0 Å². The molecule has 1 saturated carbocycles. The minimum absolute atomic E-state index is 0.0193. The first kappa shape index (κ1) is 13.4. The minimum atomic E-state index is -0.0193. The Kier molecular flexibility index (Phi) is 4.64. The maximum Gasteiger partial charge on any atom is 0.251 e. The van der Waals surface area contributed by atoms with Gasteiger partial charge in [-0.15, -0.1) is 0 Å². The first-order chi connectivity index (χ1) is 8.70. The van der Waals surface area contributed by atoms with Gasteiger partial charge in [-0.3, -0.25) is 4.79 Å². The summed E-state index contributed by atoms with van der Waals surface area (Å²) in [5.74, 6) is 1.64. The molecule has 1 aliphatic carbocycles. The molecule has 1 aliphatic rings. The Balaban J connectivity index is 1.81. The highest BCUT2D eigenvalue weighted by Crippen LogP contribution is 2.33. The van der Waals surface area contributed by atoms with Crippen LogP contribution in [0.3, 0.4) is 0 Å². The molecule has 3 nitrogen and oxygen atoms in total. The molecule has 0 radical (unpaired) electrons. The molecular weight excluding hydrogens is 294 g/mol. The summed E-state index contributed by atoms with van der Waals surface area (Å²) in [6.45, 7) is 0.763. The Morgan fingerprint density at radius 1 is 1.50 bits per heavy atom. The zero-order valence-corrected chi connectivity index (χ0v) is 12.1. The van der Waals surface area contributed by atoms with E-state index in [0.717, 1.165) is 29.1 Å². The summed E-state index contributed by atoms with van der Waals surface area (Å²) in [5.41, 5.74) is 0.661. The smallest absolute Gasteiger partial charge is 0.251 e. The van der Waals surface area contributed by atoms with E-state index in [1.807, 2.05) is 0 Å². The zero-order valence-electron chi connectivity index (χ0n) is 10.5. The van der Waals surface area contributed by atoms with Crippen LogP contribution >= 0.6 is 15.9 Å². The van der Waals surface area contributed by atoms with E-state index in [0.29, 0.717) is 5.56 Å². The summed E-state index contributed by atoms with van der Waals surface area (Å²) >= 11 is 3.38. The molecule has 0 aliphatic heterocycles. The van der Waals surface area contributed by atoms with Crippen molar-refractivity contribution in [3.8, 4) is 5.75 Å². The van der Waals surface area contributed by atoms with Crippen LogP contribution in [-0.4, -0.2) is 19.6 Å². The van der Waals surface area contributed by atoms with Crippen molar-refractivity contribution in [1.82, 2.24) is 5.32 Å². The Morgan fingerprint density at radius 3 is 2.89 bits per heavy atom. The highest BCUT2D eigenvalue weighted by Gasteiger charge is 2.20. The molecule has 4 heteroatoms. The summed E-state index contributed by atoms with van der Waals surface area (Å²) in [5, 5.41) is 2.95. The van der Waals surface area contributed by atoms with Crippen LogP contribution in [0.2, 0.25) is 0 Å². The van der Waals surface area contributed by atoms with Crippen LogP contribution in [0.4, 0.5) is 0 Å². The second-order valence-corrected chi connectivity index (χ2v) is 5.55. The van der Waals surface area contributed by atoms with Gasteiger partial charge in [-0.2, -0.15) is 0 Å². The van der Waals surface area contributed by atoms with E-state index < -0.39 is 0 Å². The van der Waals surface area contributed by atoms with Crippen molar-refractivity contribution in [3.05, 3.63) is 28.2 Å². The molecule has 1 amide bonds. The van der Waals surface area contributed by atoms with Crippen molar-refractivity contribution >= 4 is 21.8 Å². The fraction of sp³-hybridized carbons (Fsp3) is 0.500. The quantitative estimate of drug-likeness (QED) is 0.818. The molecule has 0 bridgehead atoms. The summed E-state index contributed by atoms with van der Waals surface area (Å²) in [6.07, 6.45) is 5.07. The van der Waals surface area contributed by atoms with Crippen LogP contribution < -0.4 is 10.1 Å². The molecule has 0 atom stereocenters. The number of rotatable bonds is 6. The third-order valence-corrected chi connectivity index (χ3v) is 3.81. The molecule has 0 spiro atoms. The van der Waals surface area contributed by atoms with E-state index >= 15 is 0 Å².